The second kappa shape index (κ2) is 9.79. The van der Waals surface area contributed by atoms with Gasteiger partial charge in [0, 0.05) is 29.8 Å². The number of pyridine rings is 1. The number of aliphatic hydroxyl groups excluding tert-OH is 1. The number of benzene rings is 2. The van der Waals surface area contributed by atoms with Gasteiger partial charge < -0.3 is 10.4 Å². The number of aliphatic hydroxyl groups is 1. The second-order valence-electron chi connectivity index (χ2n) is 6.56. The first-order chi connectivity index (χ1) is 15.1. The van der Waals surface area contributed by atoms with Crippen LogP contribution < -0.4 is 5.32 Å². The van der Waals surface area contributed by atoms with Crippen molar-refractivity contribution in [2.75, 3.05) is 6.54 Å². The van der Waals surface area contributed by atoms with Gasteiger partial charge in [-0.2, -0.15) is 13.2 Å². The molecule has 0 aliphatic heterocycles. The zero-order valence-electron chi connectivity index (χ0n) is 16.2. The summed E-state index contributed by atoms with van der Waals surface area (Å²) in [5, 5.41) is 23.7. The third-order valence-corrected chi connectivity index (χ3v) is 5.34. The predicted octanol–water partition coefficient (Wildman–Crippen LogP) is 4.62. The zero-order chi connectivity index (χ0) is 23.3. The van der Waals surface area contributed by atoms with Gasteiger partial charge >= 0.3 is 6.18 Å². The Labute approximate surface area is 184 Å². The molecule has 166 valence electrons. The number of non-ortho nitro benzene ring substituents is 1. The summed E-state index contributed by atoms with van der Waals surface area (Å²) in [6, 6.07) is 12.9. The van der Waals surface area contributed by atoms with Gasteiger partial charge in [0.1, 0.15) is 5.03 Å². The average Bonchev–Trinajstić information content (AvgIpc) is 2.77. The normalized spacial score (nSPS) is 12.2. The molecule has 0 aliphatic carbocycles. The highest BCUT2D eigenvalue weighted by molar-refractivity contribution is 7.99. The van der Waals surface area contributed by atoms with E-state index in [-0.39, 0.29) is 27.7 Å². The maximum Gasteiger partial charge on any atom is 0.416 e. The molecule has 1 heterocycles. The van der Waals surface area contributed by atoms with Gasteiger partial charge in [0.15, 0.2) is 0 Å². The van der Waals surface area contributed by atoms with Crippen molar-refractivity contribution in [3.63, 3.8) is 0 Å². The molecule has 0 spiro atoms. The van der Waals surface area contributed by atoms with Crippen LogP contribution in [0.2, 0.25) is 0 Å². The van der Waals surface area contributed by atoms with Gasteiger partial charge in [-0.05, 0) is 48.0 Å². The molecule has 0 aliphatic rings. The number of aromatic nitrogens is 1. The zero-order valence-corrected chi connectivity index (χ0v) is 17.1. The molecule has 2 aromatic carbocycles. The summed E-state index contributed by atoms with van der Waals surface area (Å²) in [6.45, 7) is -0.181. The van der Waals surface area contributed by atoms with E-state index < -0.39 is 28.7 Å². The van der Waals surface area contributed by atoms with Crippen LogP contribution >= 0.6 is 11.8 Å². The summed E-state index contributed by atoms with van der Waals surface area (Å²) in [4.78, 5) is 27.1. The van der Waals surface area contributed by atoms with Crippen LogP contribution in [0.15, 0.2) is 76.8 Å². The first-order valence-corrected chi connectivity index (χ1v) is 9.97. The van der Waals surface area contributed by atoms with E-state index in [0.29, 0.717) is 5.56 Å². The smallest absolute Gasteiger partial charge is 0.387 e. The molecular formula is C21H16F3N3O4S. The van der Waals surface area contributed by atoms with Crippen LogP contribution in [0.4, 0.5) is 18.9 Å². The van der Waals surface area contributed by atoms with Gasteiger partial charge in [0.25, 0.3) is 11.6 Å². The van der Waals surface area contributed by atoms with E-state index in [2.05, 4.69) is 10.3 Å². The summed E-state index contributed by atoms with van der Waals surface area (Å²) >= 11 is 0.909. The number of nitrogens with one attached hydrogen (secondary N) is 1. The number of amides is 1. The molecule has 0 radical (unpaired) electrons. The Morgan fingerprint density at radius 2 is 1.88 bits per heavy atom. The largest absolute Gasteiger partial charge is 0.416 e. The quantitative estimate of drug-likeness (QED) is 0.391. The highest BCUT2D eigenvalue weighted by Gasteiger charge is 2.30. The van der Waals surface area contributed by atoms with Crippen molar-refractivity contribution in [2.24, 2.45) is 0 Å². The number of alkyl halides is 3. The van der Waals surface area contributed by atoms with E-state index in [1.807, 2.05) is 0 Å². The predicted molar refractivity (Wildman–Crippen MR) is 110 cm³/mol. The molecule has 32 heavy (non-hydrogen) atoms. The Balaban J connectivity index is 1.70. The van der Waals surface area contributed by atoms with E-state index in [1.54, 1.807) is 0 Å². The van der Waals surface area contributed by atoms with Gasteiger partial charge in [-0.15, -0.1) is 0 Å². The fourth-order valence-electron chi connectivity index (χ4n) is 2.71. The molecule has 1 amide bonds. The monoisotopic (exact) mass is 463 g/mol. The molecule has 3 aromatic rings. The molecule has 0 saturated carbocycles. The van der Waals surface area contributed by atoms with E-state index in [1.165, 1.54) is 54.7 Å². The minimum absolute atomic E-state index is 0.128. The second-order valence-corrected chi connectivity index (χ2v) is 7.62. The molecule has 11 heteroatoms. The molecule has 1 aromatic heterocycles. The molecule has 0 saturated heterocycles. The fourth-order valence-corrected chi connectivity index (χ4v) is 3.65. The highest BCUT2D eigenvalue weighted by Crippen LogP contribution is 2.34. The number of nitro groups is 1. The minimum atomic E-state index is -4.49. The van der Waals surface area contributed by atoms with Crippen LogP contribution in [-0.4, -0.2) is 27.5 Å². The SMILES string of the molecule is O=C(NCC(O)c1ccc([N+](=O)[O-])cc1)c1cccnc1Sc1cccc(C(F)(F)F)c1. The lowest BCUT2D eigenvalue weighted by molar-refractivity contribution is -0.384. The number of hydrogen-bond acceptors (Lipinski definition) is 6. The molecule has 3 rings (SSSR count). The lowest BCUT2D eigenvalue weighted by atomic mass is 10.1. The van der Waals surface area contributed by atoms with Crippen LogP contribution in [0.3, 0.4) is 0 Å². The number of carbonyl (C=O) groups excluding carboxylic acids is 1. The van der Waals surface area contributed by atoms with Crippen molar-refractivity contribution in [3.8, 4) is 0 Å². The van der Waals surface area contributed by atoms with E-state index in [0.717, 1.165) is 23.9 Å². The van der Waals surface area contributed by atoms with Gasteiger partial charge in [0.05, 0.1) is 22.2 Å². The topological polar surface area (TPSA) is 105 Å². The first kappa shape index (κ1) is 23.2. The Hall–Kier alpha value is -3.44. The van der Waals surface area contributed by atoms with Crippen LogP contribution in [0.5, 0.6) is 0 Å². The lowest BCUT2D eigenvalue weighted by Crippen LogP contribution is -2.29. The first-order valence-electron chi connectivity index (χ1n) is 9.16. The number of hydrogen-bond donors (Lipinski definition) is 2. The summed E-state index contributed by atoms with van der Waals surface area (Å²) in [5.74, 6) is -0.575. The van der Waals surface area contributed by atoms with Gasteiger partial charge in [0.2, 0.25) is 0 Å². The van der Waals surface area contributed by atoms with Crippen LogP contribution in [0.1, 0.15) is 27.6 Å². The van der Waals surface area contributed by atoms with Crippen molar-refractivity contribution in [1.29, 1.82) is 0 Å². The molecular weight excluding hydrogens is 447 g/mol. The van der Waals surface area contributed by atoms with Crippen molar-refractivity contribution in [2.45, 2.75) is 22.2 Å². The van der Waals surface area contributed by atoms with Crippen molar-refractivity contribution in [1.82, 2.24) is 10.3 Å². The summed E-state index contributed by atoms with van der Waals surface area (Å²) in [5.41, 5.74) is -0.432. The minimum Gasteiger partial charge on any atom is -0.387 e. The maximum absolute atomic E-state index is 12.9. The van der Waals surface area contributed by atoms with Gasteiger partial charge in [-0.1, -0.05) is 17.8 Å². The number of nitrogens with zero attached hydrogens (tertiary/aromatic N) is 2. The standard InChI is InChI=1S/C21H16F3N3O4S/c22-21(23,24)14-3-1-4-16(11-14)32-20-17(5-2-10-25-20)19(29)26-12-18(28)13-6-8-15(9-7-13)27(30)31/h1-11,18,28H,12H2,(H,26,29). The molecule has 7 nitrogen and oxygen atoms in total. The Kier molecular flexibility index (Phi) is 7.11. The lowest BCUT2D eigenvalue weighted by Gasteiger charge is -2.14. The third kappa shape index (κ3) is 5.83. The molecule has 1 atom stereocenters. The van der Waals surface area contributed by atoms with Crippen molar-refractivity contribution < 1.29 is 28.0 Å². The summed E-state index contributed by atoms with van der Waals surface area (Å²) in [6.07, 6.45) is -4.19. The van der Waals surface area contributed by atoms with Crippen LogP contribution in [0, 0.1) is 10.1 Å². The molecule has 1 unspecified atom stereocenters. The van der Waals surface area contributed by atoms with E-state index >= 15 is 0 Å². The van der Waals surface area contributed by atoms with Crippen molar-refractivity contribution >= 4 is 23.4 Å². The third-order valence-electron chi connectivity index (χ3n) is 4.34. The molecule has 0 bridgehead atoms. The van der Waals surface area contributed by atoms with E-state index in [9.17, 15) is 33.2 Å². The Morgan fingerprint density at radius 1 is 1.16 bits per heavy atom. The fraction of sp³-hybridized carbons (Fsp3) is 0.143. The van der Waals surface area contributed by atoms with Gasteiger partial charge in [-0.3, -0.25) is 14.9 Å². The number of rotatable bonds is 7. The number of nitro benzene ring substituents is 1. The maximum atomic E-state index is 12.9. The van der Waals surface area contributed by atoms with Crippen LogP contribution in [0.25, 0.3) is 0 Å². The summed E-state index contributed by atoms with van der Waals surface area (Å²) < 4.78 is 38.8. The molecule has 2 N–H and O–H groups in total. The highest BCUT2D eigenvalue weighted by atomic mass is 32.2. The Bertz CT molecular complexity index is 1120. The van der Waals surface area contributed by atoms with Crippen molar-refractivity contribution in [3.05, 3.63) is 93.7 Å². The summed E-state index contributed by atoms with van der Waals surface area (Å²) in [7, 11) is 0. The van der Waals surface area contributed by atoms with Crippen LogP contribution in [-0.2, 0) is 6.18 Å². The molecule has 0 fully saturated rings. The number of carbonyl (C=O) groups is 1. The van der Waals surface area contributed by atoms with E-state index in [4.69, 9.17) is 0 Å². The number of halogens is 3. The average molecular weight is 463 g/mol. The Morgan fingerprint density at radius 3 is 2.53 bits per heavy atom. The van der Waals surface area contributed by atoms with Gasteiger partial charge in [-0.25, -0.2) is 4.98 Å².